The van der Waals surface area contributed by atoms with Crippen molar-refractivity contribution in [1.29, 1.82) is 0 Å². The van der Waals surface area contributed by atoms with Gasteiger partial charge in [-0.2, -0.15) is 0 Å². The van der Waals surface area contributed by atoms with Crippen molar-refractivity contribution in [2.45, 2.75) is 0 Å². The Morgan fingerprint density at radius 3 is 1.57 bits per heavy atom. The minimum Gasteiger partial charge on any atom is -0.456 e. The Hall–Kier alpha value is -8.45. The predicted octanol–water partition coefficient (Wildman–Crippen LogP) is 16.2. The number of aromatic nitrogens is 4. The van der Waals surface area contributed by atoms with E-state index in [9.17, 15) is 0 Å². The normalized spacial score (nSPS) is 12.0. The van der Waals surface area contributed by atoms with E-state index in [1.54, 1.807) is 11.3 Å². The molecule has 302 valence electrons. The van der Waals surface area contributed by atoms with Gasteiger partial charge in [0.1, 0.15) is 11.2 Å². The second kappa shape index (κ2) is 14.0. The third-order valence-corrected chi connectivity index (χ3v) is 14.1. The van der Waals surface area contributed by atoms with E-state index in [4.69, 9.17) is 19.4 Å². The van der Waals surface area contributed by atoms with Gasteiger partial charge in [-0.15, -0.1) is 11.3 Å². The van der Waals surface area contributed by atoms with Crippen molar-refractivity contribution >= 4 is 96.8 Å². The Morgan fingerprint density at radius 1 is 0.338 bits per heavy atom. The first-order chi connectivity index (χ1) is 32.2. The van der Waals surface area contributed by atoms with E-state index >= 15 is 0 Å². The van der Waals surface area contributed by atoms with Gasteiger partial charge in [0.2, 0.25) is 0 Å². The molecule has 0 radical (unpaired) electrons. The lowest BCUT2D eigenvalue weighted by atomic mass is 10.0. The Bertz CT molecular complexity index is 4150. The zero-order valence-corrected chi connectivity index (χ0v) is 35.6. The Kier molecular flexibility index (Phi) is 7.79. The summed E-state index contributed by atoms with van der Waals surface area (Å²) in [5, 5.41) is 11.7. The van der Waals surface area contributed by atoms with Gasteiger partial charge in [0.25, 0.3) is 0 Å². The summed E-state index contributed by atoms with van der Waals surface area (Å²) in [6.07, 6.45) is 0. The Balaban J connectivity index is 1.05. The van der Waals surface area contributed by atoms with Gasteiger partial charge in [-0.3, -0.25) is 0 Å². The topological polar surface area (TPSA) is 56.7 Å². The molecule has 0 amide bonds. The molecule has 0 aliphatic carbocycles. The molecule has 0 aliphatic rings. The molecule has 0 unspecified atom stereocenters. The highest BCUT2D eigenvalue weighted by Crippen LogP contribution is 2.43. The van der Waals surface area contributed by atoms with Gasteiger partial charge in [0.15, 0.2) is 17.5 Å². The first-order valence-electron chi connectivity index (χ1n) is 21.8. The van der Waals surface area contributed by atoms with E-state index in [1.165, 1.54) is 52.5 Å². The van der Waals surface area contributed by atoms with Crippen molar-refractivity contribution in [3.8, 4) is 51.0 Å². The van der Waals surface area contributed by atoms with Crippen LogP contribution in [0, 0.1) is 0 Å². The molecule has 4 heterocycles. The molecule has 0 atom stereocenters. The fraction of sp³-hybridized carbons (Fsp3) is 0. The lowest BCUT2D eigenvalue weighted by Crippen LogP contribution is -2.01. The van der Waals surface area contributed by atoms with Crippen LogP contribution in [0.1, 0.15) is 0 Å². The van der Waals surface area contributed by atoms with E-state index < -0.39 is 0 Å². The standard InChI is InChI=1S/C59H34N4OS/c1-2-12-35(13-3-1)36-22-24-37(25-23-36)57-60-58(42-26-27-45-44-18-9-11-21-54(44)65-55(45)34-42)62-59(61-57)43-32-51(56-46-19-8-10-20-52(46)64-53(56)33-43)63-49-30-40-16-6-4-14-38(40)28-47(49)48-29-39-15-5-7-17-41(39)31-50(48)63/h1-34H. The molecule has 14 aromatic rings. The Morgan fingerprint density at radius 2 is 0.862 bits per heavy atom. The molecule has 0 N–H and O–H groups in total. The number of hydrogen-bond donors (Lipinski definition) is 0. The second-order valence-electron chi connectivity index (χ2n) is 16.8. The SMILES string of the molecule is c1ccc(-c2ccc(-c3nc(-c4cc(-n5c6cc7ccccc7cc6c6cc7ccccc7cc65)c5c(c4)oc4ccccc45)nc(-c4ccc5c(c4)sc4ccccc45)n3)cc2)cc1. The quantitative estimate of drug-likeness (QED) is 0.173. The van der Waals surface area contributed by atoms with Crippen LogP contribution in [0.3, 0.4) is 0 Å². The summed E-state index contributed by atoms with van der Waals surface area (Å²) in [7, 11) is 0. The number of fused-ring (bicyclic) bond motifs is 11. The maximum absolute atomic E-state index is 6.80. The van der Waals surface area contributed by atoms with Crippen molar-refractivity contribution in [2.24, 2.45) is 0 Å². The second-order valence-corrected chi connectivity index (χ2v) is 17.9. The molecule has 0 fully saturated rings. The molecule has 10 aromatic carbocycles. The predicted molar refractivity (Wildman–Crippen MR) is 271 cm³/mol. The Labute approximate surface area is 376 Å². The van der Waals surface area contributed by atoms with E-state index in [0.717, 1.165) is 66.5 Å². The zero-order chi connectivity index (χ0) is 42.6. The van der Waals surface area contributed by atoms with Crippen molar-refractivity contribution in [3.05, 3.63) is 206 Å². The van der Waals surface area contributed by atoms with Crippen LogP contribution >= 0.6 is 11.3 Å². The number of furan rings is 1. The maximum atomic E-state index is 6.80. The van der Waals surface area contributed by atoms with Gasteiger partial charge in [-0.1, -0.05) is 152 Å². The molecule has 4 aromatic heterocycles. The summed E-state index contributed by atoms with van der Waals surface area (Å²) < 4.78 is 11.7. The number of thiophene rings is 1. The van der Waals surface area contributed by atoms with Crippen LogP contribution in [-0.4, -0.2) is 19.5 Å². The van der Waals surface area contributed by atoms with Gasteiger partial charge in [0, 0.05) is 53.0 Å². The molecule has 0 aliphatic heterocycles. The molecule has 0 spiro atoms. The first kappa shape index (κ1) is 36.1. The summed E-state index contributed by atoms with van der Waals surface area (Å²) in [6, 6.07) is 73.4. The van der Waals surface area contributed by atoms with Gasteiger partial charge in [-0.25, -0.2) is 15.0 Å². The highest BCUT2D eigenvalue weighted by Gasteiger charge is 2.23. The van der Waals surface area contributed by atoms with Gasteiger partial charge in [0.05, 0.1) is 22.1 Å². The average molecular weight is 847 g/mol. The summed E-state index contributed by atoms with van der Waals surface area (Å²) in [4.78, 5) is 15.9. The lowest BCUT2D eigenvalue weighted by Gasteiger charge is -2.14. The molecule has 5 nitrogen and oxygen atoms in total. The van der Waals surface area contributed by atoms with Crippen molar-refractivity contribution < 1.29 is 4.42 Å². The summed E-state index contributed by atoms with van der Waals surface area (Å²) in [5.74, 6) is 1.77. The molecule has 14 rings (SSSR count). The minimum atomic E-state index is 0.564. The highest BCUT2D eigenvalue weighted by molar-refractivity contribution is 7.25. The largest absolute Gasteiger partial charge is 0.456 e. The number of nitrogens with zero attached hydrogens (tertiary/aromatic N) is 4. The van der Waals surface area contributed by atoms with Crippen molar-refractivity contribution in [1.82, 2.24) is 19.5 Å². The van der Waals surface area contributed by atoms with Crippen LogP contribution in [0.25, 0.3) is 136 Å². The summed E-state index contributed by atoms with van der Waals surface area (Å²) in [5.41, 5.74) is 9.77. The molecule has 6 heteroatoms. The number of rotatable bonds is 5. The number of hydrogen-bond acceptors (Lipinski definition) is 5. The first-order valence-corrected chi connectivity index (χ1v) is 22.6. The van der Waals surface area contributed by atoms with Crippen LogP contribution < -0.4 is 0 Å². The molecule has 0 bridgehead atoms. The fourth-order valence-electron chi connectivity index (χ4n) is 9.86. The third-order valence-electron chi connectivity index (χ3n) is 13.0. The van der Waals surface area contributed by atoms with Crippen molar-refractivity contribution in [2.75, 3.05) is 0 Å². The third kappa shape index (κ3) is 5.74. The zero-order valence-electron chi connectivity index (χ0n) is 34.7. The van der Waals surface area contributed by atoms with Crippen LogP contribution in [0.5, 0.6) is 0 Å². The number of para-hydroxylation sites is 1. The van der Waals surface area contributed by atoms with Crippen LogP contribution in [0.4, 0.5) is 0 Å². The summed E-state index contributed by atoms with van der Waals surface area (Å²) >= 11 is 1.79. The lowest BCUT2D eigenvalue weighted by molar-refractivity contribution is 0.669. The molecular weight excluding hydrogens is 813 g/mol. The highest BCUT2D eigenvalue weighted by atomic mass is 32.1. The maximum Gasteiger partial charge on any atom is 0.164 e. The fourth-order valence-corrected chi connectivity index (χ4v) is 11.0. The van der Waals surface area contributed by atoms with Crippen LogP contribution in [0.15, 0.2) is 211 Å². The molecule has 0 saturated heterocycles. The van der Waals surface area contributed by atoms with Gasteiger partial charge < -0.3 is 8.98 Å². The van der Waals surface area contributed by atoms with Crippen molar-refractivity contribution in [3.63, 3.8) is 0 Å². The average Bonchev–Trinajstić information content (AvgIpc) is 4.03. The number of benzene rings is 10. The van der Waals surface area contributed by atoms with E-state index in [-0.39, 0.29) is 0 Å². The van der Waals surface area contributed by atoms with Gasteiger partial charge >= 0.3 is 0 Å². The van der Waals surface area contributed by atoms with Crippen LogP contribution in [-0.2, 0) is 0 Å². The van der Waals surface area contributed by atoms with E-state index in [1.807, 2.05) is 18.2 Å². The molecule has 0 saturated carbocycles. The molecular formula is C59H34N4OS. The van der Waals surface area contributed by atoms with E-state index in [2.05, 4.69) is 193 Å². The van der Waals surface area contributed by atoms with Gasteiger partial charge in [-0.05, 0) is 87.3 Å². The smallest absolute Gasteiger partial charge is 0.164 e. The monoisotopic (exact) mass is 846 g/mol. The summed E-state index contributed by atoms with van der Waals surface area (Å²) in [6.45, 7) is 0. The molecule has 65 heavy (non-hydrogen) atoms. The van der Waals surface area contributed by atoms with Crippen LogP contribution in [0.2, 0.25) is 0 Å². The minimum absolute atomic E-state index is 0.564. The van der Waals surface area contributed by atoms with E-state index in [0.29, 0.717) is 17.5 Å².